The molecule has 1 saturated carbocycles. The minimum Gasteiger partial charge on any atom is -0.350 e. The Hall–Kier alpha value is -1.89. The molecule has 2 fully saturated rings. The van der Waals surface area contributed by atoms with Gasteiger partial charge < -0.3 is 10.6 Å². The van der Waals surface area contributed by atoms with Gasteiger partial charge in [0.15, 0.2) is 0 Å². The third-order valence-electron chi connectivity index (χ3n) is 4.04. The first kappa shape index (κ1) is 14.1. The third kappa shape index (κ3) is 2.65. The van der Waals surface area contributed by atoms with Crippen LogP contribution in [0.3, 0.4) is 0 Å². The van der Waals surface area contributed by atoms with Crippen molar-refractivity contribution < 1.29 is 14.4 Å². The van der Waals surface area contributed by atoms with Crippen molar-refractivity contribution in [3.63, 3.8) is 0 Å². The van der Waals surface area contributed by atoms with Gasteiger partial charge in [0.05, 0.1) is 6.54 Å². The summed E-state index contributed by atoms with van der Waals surface area (Å²) in [6.07, 6.45) is 1.89. The van der Waals surface area contributed by atoms with E-state index in [1.54, 1.807) is 18.3 Å². The first-order valence-electron chi connectivity index (χ1n) is 6.94. The van der Waals surface area contributed by atoms with Crippen LogP contribution in [0.4, 0.5) is 4.79 Å². The summed E-state index contributed by atoms with van der Waals surface area (Å²) in [5, 5.41) is 7.38. The number of carbonyl (C=O) groups excluding carboxylic acids is 3. The van der Waals surface area contributed by atoms with Crippen molar-refractivity contribution in [3.05, 3.63) is 22.4 Å². The predicted molar refractivity (Wildman–Crippen MR) is 77.5 cm³/mol. The number of amides is 4. The standard InChI is InChI=1S/C14H17N3O3S/c1-14(9-4-5-9)12(19)17(13(20)16-14)8-11(18)15-7-10-3-2-6-21-10/h2-3,6,9H,4-5,7-8H2,1H3,(H,15,18)(H,16,20). The highest BCUT2D eigenvalue weighted by molar-refractivity contribution is 7.09. The predicted octanol–water partition coefficient (Wildman–Crippen LogP) is 1.08. The lowest BCUT2D eigenvalue weighted by Gasteiger charge is -2.20. The number of rotatable bonds is 5. The highest BCUT2D eigenvalue weighted by Crippen LogP contribution is 2.42. The SMILES string of the molecule is CC1(C2CC2)NC(=O)N(CC(=O)NCc2cccs2)C1=O. The summed E-state index contributed by atoms with van der Waals surface area (Å²) in [5.74, 6) is -0.415. The zero-order valence-electron chi connectivity index (χ0n) is 11.7. The van der Waals surface area contributed by atoms with Gasteiger partial charge in [-0.3, -0.25) is 14.5 Å². The lowest BCUT2D eigenvalue weighted by Crippen LogP contribution is -2.46. The molecule has 1 unspecified atom stereocenters. The molecule has 2 N–H and O–H groups in total. The molecule has 1 aliphatic carbocycles. The summed E-state index contributed by atoms with van der Waals surface area (Å²) in [6.45, 7) is 1.94. The van der Waals surface area contributed by atoms with Crippen molar-refractivity contribution in [1.29, 1.82) is 0 Å². The maximum Gasteiger partial charge on any atom is 0.325 e. The van der Waals surface area contributed by atoms with Gasteiger partial charge in [0.2, 0.25) is 5.91 Å². The average molecular weight is 307 g/mol. The average Bonchev–Trinajstić information content (AvgIpc) is 3.14. The van der Waals surface area contributed by atoms with Crippen LogP contribution in [0.25, 0.3) is 0 Å². The Labute approximate surface area is 126 Å². The number of nitrogens with one attached hydrogen (secondary N) is 2. The monoisotopic (exact) mass is 307 g/mol. The molecule has 1 aromatic rings. The van der Waals surface area contributed by atoms with E-state index in [9.17, 15) is 14.4 Å². The van der Waals surface area contributed by atoms with E-state index >= 15 is 0 Å². The van der Waals surface area contributed by atoms with Gasteiger partial charge >= 0.3 is 6.03 Å². The Kier molecular flexibility index (Phi) is 3.44. The molecular weight excluding hydrogens is 290 g/mol. The Balaban J connectivity index is 1.58. The second-order valence-electron chi connectivity index (χ2n) is 5.65. The fourth-order valence-corrected chi connectivity index (χ4v) is 3.24. The molecule has 2 aliphatic rings. The zero-order valence-corrected chi connectivity index (χ0v) is 12.5. The number of nitrogens with zero attached hydrogens (tertiary/aromatic N) is 1. The molecule has 4 amide bonds. The van der Waals surface area contributed by atoms with Crippen molar-refractivity contribution >= 4 is 29.2 Å². The number of hydrogen-bond donors (Lipinski definition) is 2. The van der Waals surface area contributed by atoms with Crippen LogP contribution in [0, 0.1) is 5.92 Å². The lowest BCUT2D eigenvalue weighted by atomic mass is 9.96. The Bertz CT molecular complexity index is 582. The Morgan fingerprint density at radius 1 is 1.52 bits per heavy atom. The van der Waals surface area contributed by atoms with Crippen LogP contribution in [0.5, 0.6) is 0 Å². The summed E-state index contributed by atoms with van der Waals surface area (Å²) in [4.78, 5) is 38.2. The van der Waals surface area contributed by atoms with E-state index in [1.807, 2.05) is 17.5 Å². The molecule has 0 bridgehead atoms. The summed E-state index contributed by atoms with van der Waals surface area (Å²) in [5.41, 5.74) is -0.828. The topological polar surface area (TPSA) is 78.5 Å². The van der Waals surface area contributed by atoms with Gasteiger partial charge in [0, 0.05) is 4.88 Å². The molecule has 6 nitrogen and oxygen atoms in total. The molecule has 2 heterocycles. The second-order valence-corrected chi connectivity index (χ2v) is 6.69. The number of carbonyl (C=O) groups is 3. The molecule has 7 heteroatoms. The highest BCUT2D eigenvalue weighted by atomic mass is 32.1. The Morgan fingerprint density at radius 2 is 2.29 bits per heavy atom. The van der Waals surface area contributed by atoms with Crippen molar-refractivity contribution in [2.75, 3.05) is 6.54 Å². The molecule has 1 aromatic heterocycles. The van der Waals surface area contributed by atoms with Crippen LogP contribution in [0.2, 0.25) is 0 Å². The van der Waals surface area contributed by atoms with E-state index in [4.69, 9.17) is 0 Å². The summed E-state index contributed by atoms with van der Waals surface area (Å²) >= 11 is 1.55. The third-order valence-corrected chi connectivity index (χ3v) is 4.91. The van der Waals surface area contributed by atoms with Crippen molar-refractivity contribution in [1.82, 2.24) is 15.5 Å². The van der Waals surface area contributed by atoms with Crippen LogP contribution >= 0.6 is 11.3 Å². The molecule has 1 atom stereocenters. The number of thiophene rings is 1. The van der Waals surface area contributed by atoms with Crippen molar-refractivity contribution in [2.24, 2.45) is 5.92 Å². The van der Waals surface area contributed by atoms with E-state index < -0.39 is 11.6 Å². The lowest BCUT2D eigenvalue weighted by molar-refractivity contribution is -0.135. The van der Waals surface area contributed by atoms with Crippen LogP contribution in [-0.2, 0) is 16.1 Å². The first-order chi connectivity index (χ1) is 10.0. The number of imide groups is 1. The molecule has 112 valence electrons. The Morgan fingerprint density at radius 3 is 2.90 bits per heavy atom. The molecule has 3 rings (SSSR count). The summed E-state index contributed by atoms with van der Waals surface area (Å²) in [7, 11) is 0. The quantitative estimate of drug-likeness (QED) is 0.799. The fraction of sp³-hybridized carbons (Fsp3) is 0.500. The van der Waals surface area contributed by atoms with Crippen LogP contribution < -0.4 is 10.6 Å². The molecule has 0 radical (unpaired) electrons. The summed E-state index contributed by atoms with van der Waals surface area (Å²) < 4.78 is 0. The highest BCUT2D eigenvalue weighted by Gasteiger charge is 2.56. The van der Waals surface area contributed by atoms with Crippen molar-refractivity contribution in [2.45, 2.75) is 31.8 Å². The second kappa shape index (κ2) is 5.14. The van der Waals surface area contributed by atoms with Crippen LogP contribution in [0.15, 0.2) is 17.5 Å². The van der Waals surface area contributed by atoms with Gasteiger partial charge in [-0.2, -0.15) is 0 Å². The fourth-order valence-electron chi connectivity index (χ4n) is 2.60. The maximum absolute atomic E-state index is 12.4. The van der Waals surface area contributed by atoms with Crippen molar-refractivity contribution in [3.8, 4) is 0 Å². The summed E-state index contributed by atoms with van der Waals surface area (Å²) in [6, 6.07) is 3.36. The molecule has 21 heavy (non-hydrogen) atoms. The van der Waals surface area contributed by atoms with E-state index in [0.717, 1.165) is 22.6 Å². The molecule has 0 aromatic carbocycles. The number of urea groups is 1. The minimum absolute atomic E-state index is 0.202. The van der Waals surface area contributed by atoms with Gasteiger partial charge in [0.1, 0.15) is 12.1 Å². The zero-order chi connectivity index (χ0) is 15.0. The molecular formula is C14H17N3O3S. The maximum atomic E-state index is 12.4. The van der Waals surface area contributed by atoms with Gasteiger partial charge in [-0.05, 0) is 37.1 Å². The molecule has 1 saturated heterocycles. The largest absolute Gasteiger partial charge is 0.350 e. The van der Waals surface area contributed by atoms with E-state index in [0.29, 0.717) is 6.54 Å². The minimum atomic E-state index is -0.828. The number of hydrogen-bond acceptors (Lipinski definition) is 4. The first-order valence-corrected chi connectivity index (χ1v) is 7.82. The van der Waals surface area contributed by atoms with E-state index in [2.05, 4.69) is 10.6 Å². The van der Waals surface area contributed by atoms with Gasteiger partial charge in [-0.15, -0.1) is 11.3 Å². The van der Waals surface area contributed by atoms with E-state index in [1.165, 1.54) is 0 Å². The van der Waals surface area contributed by atoms with Crippen LogP contribution in [-0.4, -0.2) is 34.8 Å². The van der Waals surface area contributed by atoms with E-state index in [-0.39, 0.29) is 24.3 Å². The normalized spacial score (nSPS) is 25.1. The van der Waals surface area contributed by atoms with Gasteiger partial charge in [-0.1, -0.05) is 6.07 Å². The smallest absolute Gasteiger partial charge is 0.325 e. The van der Waals surface area contributed by atoms with Gasteiger partial charge in [0.25, 0.3) is 5.91 Å². The molecule has 0 spiro atoms. The van der Waals surface area contributed by atoms with Crippen LogP contribution in [0.1, 0.15) is 24.6 Å². The molecule has 1 aliphatic heterocycles. The van der Waals surface area contributed by atoms with Gasteiger partial charge in [-0.25, -0.2) is 4.79 Å².